The lowest BCUT2D eigenvalue weighted by Crippen LogP contribution is -2.54. The molecule has 1 heterocycles. The summed E-state index contributed by atoms with van der Waals surface area (Å²) >= 11 is 6.01. The van der Waals surface area contributed by atoms with Crippen molar-refractivity contribution in [1.82, 2.24) is 9.80 Å². The molecule has 4 nitrogen and oxygen atoms in total. The Morgan fingerprint density at radius 2 is 1.91 bits per heavy atom. The van der Waals surface area contributed by atoms with Crippen LogP contribution in [0.15, 0.2) is 24.3 Å². The van der Waals surface area contributed by atoms with E-state index >= 15 is 0 Å². The summed E-state index contributed by atoms with van der Waals surface area (Å²) in [5, 5.41) is 0.768. The molecule has 0 radical (unpaired) electrons. The first-order valence-corrected chi connectivity index (χ1v) is 7.86. The highest BCUT2D eigenvalue weighted by atomic mass is 35.5. The molecule has 0 spiro atoms. The van der Waals surface area contributed by atoms with Gasteiger partial charge in [0.2, 0.25) is 5.91 Å². The van der Waals surface area contributed by atoms with Crippen molar-refractivity contribution in [3.05, 3.63) is 34.9 Å². The predicted molar refractivity (Wildman–Crippen MR) is 93.4 cm³/mol. The third-order valence-corrected chi connectivity index (χ3v) is 4.22. The van der Waals surface area contributed by atoms with Crippen LogP contribution in [0.2, 0.25) is 5.02 Å². The number of carbonyl (C=O) groups excluding carboxylic acids is 1. The Labute approximate surface area is 144 Å². The zero-order valence-corrected chi connectivity index (χ0v) is 14.7. The lowest BCUT2D eigenvalue weighted by molar-refractivity contribution is -0.135. The van der Waals surface area contributed by atoms with Crippen molar-refractivity contribution >= 4 is 29.9 Å². The van der Waals surface area contributed by atoms with E-state index in [1.165, 1.54) is 5.56 Å². The number of rotatable bonds is 4. The van der Waals surface area contributed by atoms with Gasteiger partial charge < -0.3 is 10.6 Å². The van der Waals surface area contributed by atoms with Crippen LogP contribution < -0.4 is 5.73 Å². The zero-order valence-electron chi connectivity index (χ0n) is 13.2. The fraction of sp³-hybridized carbons (Fsp3) is 0.562. The maximum absolute atomic E-state index is 12.2. The van der Waals surface area contributed by atoms with Gasteiger partial charge >= 0.3 is 0 Å². The van der Waals surface area contributed by atoms with Crippen LogP contribution in [0.3, 0.4) is 0 Å². The van der Waals surface area contributed by atoms with Crippen LogP contribution in [0.25, 0.3) is 0 Å². The minimum absolute atomic E-state index is 0. The standard InChI is InChI=1S/C16H24ClN3O.ClH/c1-12(2)15(18)16(21)20-8-6-19(7-9-20)11-13-4-3-5-14(17)10-13;/h3-5,10,12,15H,6-9,11,18H2,1-2H3;1H/t15-;/m0./s1. The summed E-state index contributed by atoms with van der Waals surface area (Å²) in [6, 6.07) is 7.55. The fourth-order valence-corrected chi connectivity index (χ4v) is 2.73. The molecule has 6 heteroatoms. The van der Waals surface area contributed by atoms with Crippen molar-refractivity contribution in [2.45, 2.75) is 26.4 Å². The third-order valence-electron chi connectivity index (χ3n) is 3.98. The molecule has 0 aliphatic carbocycles. The van der Waals surface area contributed by atoms with Crippen molar-refractivity contribution < 1.29 is 4.79 Å². The molecule has 1 aliphatic rings. The van der Waals surface area contributed by atoms with E-state index in [0.29, 0.717) is 0 Å². The van der Waals surface area contributed by atoms with Crippen molar-refractivity contribution in [1.29, 1.82) is 0 Å². The Hall–Kier alpha value is -0.810. The van der Waals surface area contributed by atoms with Gasteiger partial charge in [0, 0.05) is 37.7 Å². The quantitative estimate of drug-likeness (QED) is 0.911. The third kappa shape index (κ3) is 5.13. The average molecular weight is 346 g/mol. The number of carbonyl (C=O) groups is 1. The minimum atomic E-state index is -0.385. The van der Waals surface area contributed by atoms with Gasteiger partial charge in [-0.2, -0.15) is 0 Å². The molecular formula is C16H25Cl2N3O. The lowest BCUT2D eigenvalue weighted by Gasteiger charge is -2.36. The SMILES string of the molecule is CC(C)[C@H](N)C(=O)N1CCN(Cc2cccc(Cl)c2)CC1.Cl. The Bertz CT molecular complexity index is 488. The van der Waals surface area contributed by atoms with Crippen LogP contribution in [0.4, 0.5) is 0 Å². The van der Waals surface area contributed by atoms with E-state index in [9.17, 15) is 4.79 Å². The molecule has 1 saturated heterocycles. The second kappa shape index (κ2) is 8.73. The van der Waals surface area contributed by atoms with Gasteiger partial charge in [-0.3, -0.25) is 9.69 Å². The first kappa shape index (κ1) is 19.2. The van der Waals surface area contributed by atoms with Gasteiger partial charge in [-0.1, -0.05) is 37.6 Å². The highest BCUT2D eigenvalue weighted by molar-refractivity contribution is 6.30. The van der Waals surface area contributed by atoms with Crippen LogP contribution in [-0.2, 0) is 11.3 Å². The van der Waals surface area contributed by atoms with Gasteiger partial charge in [0.15, 0.2) is 0 Å². The summed E-state index contributed by atoms with van der Waals surface area (Å²) in [6.45, 7) is 8.10. The predicted octanol–water partition coefficient (Wildman–Crippen LogP) is 2.39. The van der Waals surface area contributed by atoms with Gasteiger partial charge in [-0.15, -0.1) is 12.4 Å². The summed E-state index contributed by atoms with van der Waals surface area (Å²) in [5.41, 5.74) is 7.16. The first-order chi connectivity index (χ1) is 9.97. The van der Waals surface area contributed by atoms with Gasteiger partial charge in [-0.05, 0) is 23.6 Å². The number of hydrogen-bond acceptors (Lipinski definition) is 3. The number of piperazine rings is 1. The Morgan fingerprint density at radius 3 is 2.45 bits per heavy atom. The molecule has 1 aromatic rings. The van der Waals surface area contributed by atoms with E-state index in [0.717, 1.165) is 37.7 Å². The summed E-state index contributed by atoms with van der Waals surface area (Å²) in [5.74, 6) is 0.259. The van der Waals surface area contributed by atoms with Crippen molar-refractivity contribution in [3.63, 3.8) is 0 Å². The smallest absolute Gasteiger partial charge is 0.239 e. The first-order valence-electron chi connectivity index (χ1n) is 7.48. The van der Waals surface area contributed by atoms with Crippen LogP contribution in [0.1, 0.15) is 19.4 Å². The Kier molecular flexibility index (Phi) is 7.63. The molecular weight excluding hydrogens is 321 g/mol. The van der Waals surface area contributed by atoms with Crippen LogP contribution in [-0.4, -0.2) is 47.9 Å². The molecule has 22 heavy (non-hydrogen) atoms. The van der Waals surface area contributed by atoms with E-state index < -0.39 is 0 Å². The second-order valence-electron chi connectivity index (χ2n) is 6.00. The van der Waals surface area contributed by atoms with Crippen molar-refractivity contribution in [3.8, 4) is 0 Å². The lowest BCUT2D eigenvalue weighted by atomic mass is 10.0. The maximum atomic E-state index is 12.2. The zero-order chi connectivity index (χ0) is 15.4. The van der Waals surface area contributed by atoms with Gasteiger partial charge in [-0.25, -0.2) is 0 Å². The number of hydrogen-bond donors (Lipinski definition) is 1. The normalized spacial score (nSPS) is 17.2. The topological polar surface area (TPSA) is 49.6 Å². The summed E-state index contributed by atoms with van der Waals surface area (Å²) in [6.07, 6.45) is 0. The molecule has 2 N–H and O–H groups in total. The highest BCUT2D eigenvalue weighted by Gasteiger charge is 2.26. The number of nitrogens with two attached hydrogens (primary N) is 1. The van der Waals surface area contributed by atoms with Crippen molar-refractivity contribution in [2.75, 3.05) is 26.2 Å². The number of amides is 1. The van der Waals surface area contributed by atoms with E-state index in [2.05, 4.69) is 11.0 Å². The summed E-state index contributed by atoms with van der Waals surface area (Å²) in [7, 11) is 0. The van der Waals surface area contributed by atoms with E-state index in [4.69, 9.17) is 17.3 Å². The molecule has 1 fully saturated rings. The molecule has 1 atom stereocenters. The molecule has 124 valence electrons. The number of halogens is 2. The largest absolute Gasteiger partial charge is 0.339 e. The average Bonchev–Trinajstić information content (AvgIpc) is 2.46. The molecule has 2 rings (SSSR count). The highest BCUT2D eigenvalue weighted by Crippen LogP contribution is 2.14. The molecule has 1 aliphatic heterocycles. The van der Waals surface area contributed by atoms with Gasteiger partial charge in [0.25, 0.3) is 0 Å². The molecule has 0 unspecified atom stereocenters. The van der Waals surface area contributed by atoms with E-state index in [1.54, 1.807) is 0 Å². The summed E-state index contributed by atoms with van der Waals surface area (Å²) < 4.78 is 0. The molecule has 0 bridgehead atoms. The Balaban J connectivity index is 0.00000242. The van der Waals surface area contributed by atoms with E-state index in [-0.39, 0.29) is 30.3 Å². The molecule has 1 amide bonds. The monoisotopic (exact) mass is 345 g/mol. The number of nitrogens with zero attached hydrogens (tertiary/aromatic N) is 2. The summed E-state index contributed by atoms with van der Waals surface area (Å²) in [4.78, 5) is 16.4. The maximum Gasteiger partial charge on any atom is 0.239 e. The molecule has 1 aromatic carbocycles. The Morgan fingerprint density at radius 1 is 1.27 bits per heavy atom. The fourth-order valence-electron chi connectivity index (χ4n) is 2.52. The van der Waals surface area contributed by atoms with Gasteiger partial charge in [0.1, 0.15) is 0 Å². The van der Waals surface area contributed by atoms with Crippen LogP contribution in [0.5, 0.6) is 0 Å². The van der Waals surface area contributed by atoms with Crippen molar-refractivity contribution in [2.24, 2.45) is 11.7 Å². The molecule has 0 aromatic heterocycles. The van der Waals surface area contributed by atoms with E-state index in [1.807, 2.05) is 36.9 Å². The van der Waals surface area contributed by atoms with Gasteiger partial charge in [0.05, 0.1) is 6.04 Å². The van der Waals surface area contributed by atoms with Crippen LogP contribution >= 0.6 is 24.0 Å². The van der Waals surface area contributed by atoms with Crippen LogP contribution in [0, 0.1) is 5.92 Å². The molecule has 0 saturated carbocycles. The minimum Gasteiger partial charge on any atom is -0.339 e. The number of benzene rings is 1. The second-order valence-corrected chi connectivity index (χ2v) is 6.44.